The molecule has 0 saturated carbocycles. The monoisotopic (exact) mass is 659 g/mol. The van der Waals surface area contributed by atoms with E-state index in [-0.39, 0.29) is 49.9 Å². The molecule has 2 atom stereocenters. The van der Waals surface area contributed by atoms with Crippen LogP contribution >= 0.6 is 11.3 Å². The number of carbonyl (C=O) groups is 3. The maximum Gasteiger partial charge on any atom is 0.257 e. The van der Waals surface area contributed by atoms with Crippen molar-refractivity contribution >= 4 is 29.1 Å². The molecule has 3 aliphatic heterocycles. The predicted octanol–water partition coefficient (Wildman–Crippen LogP) is 3.46. The van der Waals surface area contributed by atoms with Gasteiger partial charge in [0.15, 0.2) is 11.5 Å². The summed E-state index contributed by atoms with van der Waals surface area (Å²) in [5.41, 5.74) is 3.20. The highest BCUT2D eigenvalue weighted by atomic mass is 32.1. The van der Waals surface area contributed by atoms with Gasteiger partial charge in [0.2, 0.25) is 11.8 Å². The van der Waals surface area contributed by atoms with Crippen molar-refractivity contribution in [2.24, 2.45) is 0 Å². The molecule has 0 radical (unpaired) electrons. The number of piperidine rings is 1. The number of hydrogen-bond donors (Lipinski definition) is 1. The van der Waals surface area contributed by atoms with Gasteiger partial charge in [0.1, 0.15) is 17.1 Å². The highest BCUT2D eigenvalue weighted by Crippen LogP contribution is 2.34. The second-order valence-corrected chi connectivity index (χ2v) is 13.0. The number of nitrogens with one attached hydrogen (secondary N) is 1. The number of rotatable bonds is 3. The number of methoxy groups -OCH3 is 1. The minimum atomic E-state index is -0.520. The van der Waals surface area contributed by atoms with Crippen molar-refractivity contribution in [1.82, 2.24) is 35.3 Å². The van der Waals surface area contributed by atoms with Crippen LogP contribution in [0.3, 0.4) is 0 Å². The Hall–Kier alpha value is -4.82. The average Bonchev–Trinajstić information content (AvgIpc) is 3.71. The third-order valence-electron chi connectivity index (χ3n) is 8.58. The summed E-state index contributed by atoms with van der Waals surface area (Å²) in [5, 5.41) is 15.2. The highest BCUT2D eigenvalue weighted by molar-refractivity contribution is 7.15. The Morgan fingerprint density at radius 3 is 2.74 bits per heavy atom. The molecule has 14 heteroatoms. The number of nitrogens with zero attached hydrogens (tertiary/aromatic N) is 6. The molecule has 13 nitrogen and oxygen atoms in total. The molecule has 5 heterocycles. The quantitative estimate of drug-likeness (QED) is 0.350. The molecule has 3 amide bonds. The van der Waals surface area contributed by atoms with Crippen LogP contribution in [0.25, 0.3) is 5.00 Å². The van der Waals surface area contributed by atoms with Crippen molar-refractivity contribution in [1.29, 1.82) is 0 Å². The van der Waals surface area contributed by atoms with Gasteiger partial charge in [-0.3, -0.25) is 14.4 Å². The van der Waals surface area contributed by atoms with Gasteiger partial charge >= 0.3 is 0 Å². The number of ether oxygens (including phenoxy) is 3. The van der Waals surface area contributed by atoms with E-state index in [1.165, 1.54) is 27.2 Å². The number of amides is 3. The van der Waals surface area contributed by atoms with Crippen molar-refractivity contribution in [2.75, 3.05) is 33.8 Å². The van der Waals surface area contributed by atoms with E-state index in [9.17, 15) is 14.4 Å². The number of thiophene rings is 1. The van der Waals surface area contributed by atoms with Gasteiger partial charge in [-0.05, 0) is 78.1 Å². The maximum atomic E-state index is 14.1. The summed E-state index contributed by atoms with van der Waals surface area (Å²) in [7, 11) is 3.20. The van der Waals surface area contributed by atoms with E-state index in [0.29, 0.717) is 47.2 Å². The predicted molar refractivity (Wildman–Crippen MR) is 173 cm³/mol. The van der Waals surface area contributed by atoms with Gasteiger partial charge in [-0.1, -0.05) is 18.2 Å². The summed E-state index contributed by atoms with van der Waals surface area (Å²) >= 11 is 1.46. The minimum absolute atomic E-state index is 0.0917. The second kappa shape index (κ2) is 13.9. The molecular weight excluding hydrogens is 622 g/mol. The lowest BCUT2D eigenvalue weighted by Gasteiger charge is -2.39. The molecular formula is C33H37N7O6S. The van der Waals surface area contributed by atoms with E-state index in [4.69, 9.17) is 14.2 Å². The number of likely N-dealkylation sites (tertiary alicyclic amines) is 1. The van der Waals surface area contributed by atoms with Crippen LogP contribution in [0.1, 0.15) is 44.8 Å². The van der Waals surface area contributed by atoms with E-state index in [1.54, 1.807) is 19.1 Å². The molecule has 0 aliphatic carbocycles. The van der Waals surface area contributed by atoms with Crippen molar-refractivity contribution in [3.05, 3.63) is 75.9 Å². The molecule has 4 bridgehead atoms. The van der Waals surface area contributed by atoms with Crippen LogP contribution < -0.4 is 14.8 Å². The first-order chi connectivity index (χ1) is 22.7. The van der Waals surface area contributed by atoms with Gasteiger partial charge in [0, 0.05) is 31.4 Å². The van der Waals surface area contributed by atoms with Crippen LogP contribution in [-0.2, 0) is 27.4 Å². The summed E-state index contributed by atoms with van der Waals surface area (Å²) < 4.78 is 19.8. The first kappa shape index (κ1) is 32.1. The standard InChI is InChI=1S/C33H37N7O6S/c1-20-21(2)47-33(40-19-34-36-37-40)31(20)32(43)39-13-12-25-28(16-39)45-18-23-6-5-7-24(14-23)46-26-10-8-22(15-27(26)44-4)9-11-30(42)38(3)17-29(41)35-25/h5-8,10,14-15,19,25,28H,9,11-13,16-18H2,1-4H3,(H,35,41)/t25-,28-/m0/s1. The number of fused-ring (bicyclic) bond motifs is 9. The lowest BCUT2D eigenvalue weighted by molar-refractivity contribution is -0.135. The molecule has 246 valence electrons. The van der Waals surface area contributed by atoms with Gasteiger partial charge in [-0.2, -0.15) is 4.68 Å². The molecule has 0 spiro atoms. The molecule has 0 unspecified atom stereocenters. The van der Waals surface area contributed by atoms with Crippen molar-refractivity contribution < 1.29 is 28.6 Å². The van der Waals surface area contributed by atoms with Crippen molar-refractivity contribution in [3.63, 3.8) is 0 Å². The molecule has 3 aliphatic rings. The molecule has 1 saturated heterocycles. The van der Waals surface area contributed by atoms with E-state index < -0.39 is 6.10 Å². The smallest absolute Gasteiger partial charge is 0.257 e. The molecule has 4 aromatic rings. The lowest BCUT2D eigenvalue weighted by Crippen LogP contribution is -2.57. The Kier molecular flexibility index (Phi) is 9.50. The molecule has 47 heavy (non-hydrogen) atoms. The minimum Gasteiger partial charge on any atom is -0.493 e. The second-order valence-electron chi connectivity index (χ2n) is 11.8. The van der Waals surface area contributed by atoms with E-state index >= 15 is 0 Å². The van der Waals surface area contributed by atoms with Crippen LogP contribution in [0, 0.1) is 13.8 Å². The summed E-state index contributed by atoms with van der Waals surface area (Å²) in [4.78, 5) is 44.4. The zero-order valence-electron chi connectivity index (χ0n) is 26.8. The largest absolute Gasteiger partial charge is 0.493 e. The summed E-state index contributed by atoms with van der Waals surface area (Å²) in [6.07, 6.45) is 2.14. The Labute approximate surface area is 276 Å². The number of likely N-dealkylation sites (N-methyl/N-ethyl adjacent to an activating group) is 1. The third kappa shape index (κ3) is 7.13. The number of benzene rings is 2. The number of hydrogen-bond acceptors (Lipinski definition) is 10. The number of carbonyl (C=O) groups excluding carboxylic acids is 3. The first-order valence-corrected chi connectivity index (χ1v) is 16.2. The van der Waals surface area contributed by atoms with Crippen LogP contribution in [0.15, 0.2) is 48.8 Å². The Morgan fingerprint density at radius 2 is 1.96 bits per heavy atom. The third-order valence-corrected chi connectivity index (χ3v) is 9.78. The summed E-state index contributed by atoms with van der Waals surface area (Å²) in [5.74, 6) is 1.12. The lowest BCUT2D eigenvalue weighted by atomic mass is 9.99. The SMILES string of the molecule is COc1cc2ccc1Oc1cccc(c1)CO[C@H]1CN(C(=O)c3c(-n4cnnn4)sc(C)c3C)CC[C@@H]1NC(=O)CN(C)C(=O)CC2. The van der Waals surface area contributed by atoms with Crippen LogP contribution in [0.2, 0.25) is 0 Å². The van der Waals surface area contributed by atoms with Gasteiger partial charge in [0.05, 0.1) is 38.0 Å². The average molecular weight is 660 g/mol. The van der Waals surface area contributed by atoms with Crippen LogP contribution in [-0.4, -0.2) is 93.7 Å². The van der Waals surface area contributed by atoms with Crippen LogP contribution in [0.4, 0.5) is 0 Å². The van der Waals surface area contributed by atoms with Gasteiger partial charge in [-0.25, -0.2) is 0 Å². The van der Waals surface area contributed by atoms with Crippen LogP contribution in [0.5, 0.6) is 17.2 Å². The highest BCUT2D eigenvalue weighted by Gasteiger charge is 2.36. The Bertz CT molecular complexity index is 1770. The molecule has 1 N–H and O–H groups in total. The summed E-state index contributed by atoms with van der Waals surface area (Å²) in [6, 6.07) is 12.8. The normalized spacial score (nSPS) is 19.2. The van der Waals surface area contributed by atoms with E-state index in [1.807, 2.05) is 56.3 Å². The van der Waals surface area contributed by atoms with E-state index in [0.717, 1.165) is 21.6 Å². The zero-order valence-corrected chi connectivity index (χ0v) is 27.6. The maximum absolute atomic E-state index is 14.1. The van der Waals surface area contributed by atoms with Crippen molar-refractivity contribution in [2.45, 2.75) is 51.9 Å². The van der Waals surface area contributed by atoms with Gasteiger partial charge < -0.3 is 29.3 Å². The van der Waals surface area contributed by atoms with Gasteiger partial charge in [0.25, 0.3) is 5.91 Å². The molecule has 2 aromatic heterocycles. The number of aryl methyl sites for hydroxylation is 2. The summed E-state index contributed by atoms with van der Waals surface area (Å²) in [6.45, 7) is 4.67. The van der Waals surface area contributed by atoms with Gasteiger partial charge in [-0.15, -0.1) is 16.4 Å². The fourth-order valence-corrected chi connectivity index (χ4v) is 6.91. The Morgan fingerprint density at radius 1 is 1.11 bits per heavy atom. The van der Waals surface area contributed by atoms with Crippen molar-refractivity contribution in [3.8, 4) is 22.2 Å². The fourth-order valence-electron chi connectivity index (χ4n) is 5.85. The molecule has 2 aromatic carbocycles. The first-order valence-electron chi connectivity index (χ1n) is 15.4. The molecule has 7 rings (SSSR count). The number of tetrazole rings is 1. The zero-order chi connectivity index (χ0) is 33.1. The Balaban J connectivity index is 1.27. The fraction of sp³-hybridized carbons (Fsp3) is 0.394. The molecule has 1 fully saturated rings. The van der Waals surface area contributed by atoms with E-state index in [2.05, 4.69) is 20.8 Å². The topological polar surface area (TPSA) is 141 Å². The number of aromatic nitrogens is 4.